The van der Waals surface area contributed by atoms with Gasteiger partial charge in [0, 0.05) is 23.1 Å². The molecule has 0 atom stereocenters. The van der Waals surface area contributed by atoms with E-state index in [-0.39, 0.29) is 17.9 Å². The fourth-order valence-electron chi connectivity index (χ4n) is 3.90. The lowest BCUT2D eigenvalue weighted by molar-refractivity contribution is -0.117. The van der Waals surface area contributed by atoms with Crippen molar-refractivity contribution in [2.24, 2.45) is 5.73 Å². The molecular weight excluding hydrogens is 404 g/mol. The van der Waals surface area contributed by atoms with Crippen LogP contribution in [0.15, 0.2) is 72.8 Å². The lowest BCUT2D eigenvalue weighted by Crippen LogP contribution is -2.14. The lowest BCUT2D eigenvalue weighted by Gasteiger charge is -2.10. The molecule has 6 nitrogen and oxygen atoms in total. The number of hydrogen-bond donors (Lipinski definition) is 2. The molecule has 4 rings (SSSR count). The van der Waals surface area contributed by atoms with Gasteiger partial charge in [0.2, 0.25) is 5.91 Å². The molecule has 3 aromatic carbocycles. The molecule has 0 radical (unpaired) electrons. The molecule has 0 spiro atoms. The summed E-state index contributed by atoms with van der Waals surface area (Å²) >= 11 is 0. The fraction of sp³-hybridized carbons (Fsp3) is 0.154. The topological polar surface area (TPSA) is 94.6 Å². The number of aromatic nitrogens is 1. The predicted molar refractivity (Wildman–Crippen MR) is 123 cm³/mol. The SMILES string of the molecule is Cc1c(CC(N)=O)c2cc(OCc3ccc(C(=O)O)cc3)ccc2n1Cc1ccccc1. The van der Waals surface area contributed by atoms with Gasteiger partial charge in [0.05, 0.1) is 12.0 Å². The van der Waals surface area contributed by atoms with Crippen molar-refractivity contribution < 1.29 is 19.4 Å². The highest BCUT2D eigenvalue weighted by Crippen LogP contribution is 2.31. The highest BCUT2D eigenvalue weighted by Gasteiger charge is 2.17. The zero-order chi connectivity index (χ0) is 22.7. The van der Waals surface area contributed by atoms with Crippen LogP contribution < -0.4 is 10.5 Å². The van der Waals surface area contributed by atoms with Crippen molar-refractivity contribution in [3.05, 3.63) is 101 Å². The molecular formula is C26H24N2O4. The Kier molecular flexibility index (Phi) is 5.94. The third-order valence-corrected chi connectivity index (χ3v) is 5.57. The zero-order valence-electron chi connectivity index (χ0n) is 17.7. The van der Waals surface area contributed by atoms with Gasteiger partial charge in [-0.1, -0.05) is 42.5 Å². The molecule has 3 N–H and O–H groups in total. The molecule has 0 aliphatic rings. The summed E-state index contributed by atoms with van der Waals surface area (Å²) < 4.78 is 8.15. The van der Waals surface area contributed by atoms with Crippen molar-refractivity contribution in [1.82, 2.24) is 4.57 Å². The summed E-state index contributed by atoms with van der Waals surface area (Å²) in [5, 5.41) is 9.96. The number of nitrogens with zero attached hydrogens (tertiary/aromatic N) is 1. The Balaban J connectivity index is 1.64. The molecule has 32 heavy (non-hydrogen) atoms. The highest BCUT2D eigenvalue weighted by atomic mass is 16.5. The van der Waals surface area contributed by atoms with Crippen LogP contribution in [0, 0.1) is 6.92 Å². The third kappa shape index (κ3) is 4.49. The van der Waals surface area contributed by atoms with Gasteiger partial charge in [0.1, 0.15) is 12.4 Å². The Morgan fingerprint density at radius 2 is 1.69 bits per heavy atom. The van der Waals surface area contributed by atoms with Crippen LogP contribution in [0.4, 0.5) is 0 Å². The molecule has 0 aliphatic heterocycles. The van der Waals surface area contributed by atoms with Gasteiger partial charge in [-0.15, -0.1) is 0 Å². The third-order valence-electron chi connectivity index (χ3n) is 5.57. The second kappa shape index (κ2) is 8.98. The van der Waals surface area contributed by atoms with Crippen LogP contribution in [0.3, 0.4) is 0 Å². The monoisotopic (exact) mass is 428 g/mol. The molecule has 0 aliphatic carbocycles. The minimum absolute atomic E-state index is 0.157. The molecule has 1 amide bonds. The largest absolute Gasteiger partial charge is 0.489 e. The molecule has 0 fully saturated rings. The molecule has 6 heteroatoms. The van der Waals surface area contributed by atoms with Gasteiger partial charge in [-0.25, -0.2) is 4.79 Å². The molecule has 1 heterocycles. The van der Waals surface area contributed by atoms with E-state index in [1.54, 1.807) is 24.3 Å². The summed E-state index contributed by atoms with van der Waals surface area (Å²) in [5.74, 6) is -0.667. The van der Waals surface area contributed by atoms with E-state index in [1.165, 1.54) is 5.56 Å². The average molecular weight is 428 g/mol. The molecule has 4 aromatic rings. The number of hydrogen-bond acceptors (Lipinski definition) is 3. The molecule has 0 saturated heterocycles. The number of primary amides is 1. The van der Waals surface area contributed by atoms with E-state index < -0.39 is 5.97 Å². The Labute approximate surface area is 185 Å². The Morgan fingerprint density at radius 1 is 0.969 bits per heavy atom. The van der Waals surface area contributed by atoms with E-state index in [0.29, 0.717) is 18.9 Å². The van der Waals surface area contributed by atoms with E-state index in [0.717, 1.165) is 27.7 Å². The first-order valence-corrected chi connectivity index (χ1v) is 10.3. The van der Waals surface area contributed by atoms with Gasteiger partial charge >= 0.3 is 5.97 Å². The van der Waals surface area contributed by atoms with E-state index in [9.17, 15) is 9.59 Å². The van der Waals surface area contributed by atoms with Crippen LogP contribution in [0.2, 0.25) is 0 Å². The van der Waals surface area contributed by atoms with Gasteiger partial charge in [0.15, 0.2) is 0 Å². The maximum Gasteiger partial charge on any atom is 0.335 e. The number of carbonyl (C=O) groups excluding carboxylic acids is 1. The van der Waals surface area contributed by atoms with Crippen molar-refractivity contribution in [3.63, 3.8) is 0 Å². The van der Waals surface area contributed by atoms with Crippen LogP contribution >= 0.6 is 0 Å². The van der Waals surface area contributed by atoms with E-state index in [4.69, 9.17) is 15.6 Å². The first-order valence-electron chi connectivity index (χ1n) is 10.3. The number of ether oxygens (including phenoxy) is 1. The number of rotatable bonds is 8. The predicted octanol–water partition coefficient (Wildman–Crippen LogP) is 4.30. The van der Waals surface area contributed by atoms with Crippen LogP contribution in [0.5, 0.6) is 5.75 Å². The minimum Gasteiger partial charge on any atom is -0.489 e. The molecule has 0 unspecified atom stereocenters. The number of carboxylic acids is 1. The van der Waals surface area contributed by atoms with E-state index >= 15 is 0 Å². The summed E-state index contributed by atoms with van der Waals surface area (Å²) in [6, 6.07) is 22.6. The van der Waals surface area contributed by atoms with Gasteiger partial charge in [0.25, 0.3) is 0 Å². The zero-order valence-corrected chi connectivity index (χ0v) is 17.7. The summed E-state index contributed by atoms with van der Waals surface area (Å²) in [5.41, 5.74) is 10.7. The number of aromatic carboxylic acids is 1. The number of carbonyl (C=O) groups is 2. The fourth-order valence-corrected chi connectivity index (χ4v) is 3.90. The van der Waals surface area contributed by atoms with Gasteiger partial charge in [-0.05, 0) is 53.9 Å². The standard InChI is InChI=1S/C26H24N2O4/c1-17-22(14-25(27)29)23-13-21(32-16-19-7-9-20(10-8-19)26(30)31)11-12-24(23)28(17)15-18-5-3-2-4-6-18/h2-13H,14-16H2,1H3,(H2,27,29)(H,30,31). The summed E-state index contributed by atoms with van der Waals surface area (Å²) in [4.78, 5) is 22.7. The van der Waals surface area contributed by atoms with Crippen LogP contribution in [0.1, 0.15) is 32.7 Å². The van der Waals surface area contributed by atoms with Crippen molar-refractivity contribution in [3.8, 4) is 5.75 Å². The summed E-state index contributed by atoms with van der Waals surface area (Å²) in [6.07, 6.45) is 0.157. The lowest BCUT2D eigenvalue weighted by atomic mass is 10.1. The quantitative estimate of drug-likeness (QED) is 0.437. The number of fused-ring (bicyclic) bond motifs is 1. The van der Waals surface area contributed by atoms with Crippen LogP contribution in [-0.2, 0) is 24.4 Å². The first kappa shape index (κ1) is 21.2. The van der Waals surface area contributed by atoms with Gasteiger partial charge in [-0.3, -0.25) is 4.79 Å². The van der Waals surface area contributed by atoms with E-state index in [2.05, 4.69) is 16.7 Å². The highest BCUT2D eigenvalue weighted by molar-refractivity contribution is 5.91. The smallest absolute Gasteiger partial charge is 0.335 e. The van der Waals surface area contributed by atoms with Crippen molar-refractivity contribution in [1.29, 1.82) is 0 Å². The number of carboxylic acid groups (broad SMARTS) is 1. The molecule has 0 bridgehead atoms. The number of nitrogens with two attached hydrogens (primary N) is 1. The second-order valence-electron chi connectivity index (χ2n) is 7.75. The molecule has 162 valence electrons. The summed E-state index contributed by atoms with van der Waals surface area (Å²) in [6.45, 7) is 3.00. The second-order valence-corrected chi connectivity index (χ2v) is 7.75. The Hall–Kier alpha value is -4.06. The maximum atomic E-state index is 11.7. The maximum absolute atomic E-state index is 11.7. The normalized spacial score (nSPS) is 10.9. The number of benzene rings is 3. The number of amides is 1. The van der Waals surface area contributed by atoms with E-state index in [1.807, 2.05) is 43.3 Å². The van der Waals surface area contributed by atoms with Crippen molar-refractivity contribution >= 4 is 22.8 Å². The van der Waals surface area contributed by atoms with Crippen LogP contribution in [-0.4, -0.2) is 21.6 Å². The first-order chi connectivity index (χ1) is 15.4. The van der Waals surface area contributed by atoms with Crippen molar-refractivity contribution in [2.75, 3.05) is 0 Å². The minimum atomic E-state index is -0.958. The summed E-state index contributed by atoms with van der Waals surface area (Å²) in [7, 11) is 0. The van der Waals surface area contributed by atoms with Crippen LogP contribution in [0.25, 0.3) is 10.9 Å². The average Bonchev–Trinajstić information content (AvgIpc) is 3.03. The Morgan fingerprint density at radius 3 is 2.34 bits per heavy atom. The molecule has 0 saturated carbocycles. The van der Waals surface area contributed by atoms with Crippen molar-refractivity contribution in [2.45, 2.75) is 26.5 Å². The van der Waals surface area contributed by atoms with Gasteiger partial charge in [-0.2, -0.15) is 0 Å². The van der Waals surface area contributed by atoms with Gasteiger partial charge < -0.3 is 20.1 Å². The Bertz CT molecular complexity index is 1270. The molecule has 1 aromatic heterocycles.